The molecule has 2 rings (SSSR count). The van der Waals surface area contributed by atoms with Gasteiger partial charge in [0.1, 0.15) is 0 Å². The molecule has 0 bridgehead atoms. The van der Waals surface area contributed by atoms with Gasteiger partial charge in [-0.2, -0.15) is 0 Å². The van der Waals surface area contributed by atoms with Crippen LogP contribution < -0.4 is 5.32 Å². The van der Waals surface area contributed by atoms with Gasteiger partial charge in [-0.3, -0.25) is 4.98 Å². The Morgan fingerprint density at radius 1 is 1.08 bits per heavy atom. The van der Waals surface area contributed by atoms with Crippen LogP contribution in [0.25, 0.3) is 10.9 Å². The van der Waals surface area contributed by atoms with Crippen molar-refractivity contribution in [2.45, 2.75) is 80.6 Å². The van der Waals surface area contributed by atoms with Gasteiger partial charge in [0, 0.05) is 11.1 Å². The number of rotatable bonds is 6. The largest absolute Gasteiger partial charge is 0.320 e. The molecule has 0 saturated carbocycles. The zero-order chi connectivity index (χ0) is 20.3. The fraction of sp³-hybridized carbons (Fsp3) is 0.625. The molecule has 0 fully saturated rings. The van der Waals surface area contributed by atoms with E-state index in [-0.39, 0.29) is 5.41 Å². The third-order valence-electron chi connectivity index (χ3n) is 5.23. The minimum Gasteiger partial charge on any atom is -0.320 e. The van der Waals surface area contributed by atoms with Gasteiger partial charge in [0.25, 0.3) is 0 Å². The smallest absolute Gasteiger partial charge is 0.0708 e. The lowest BCUT2D eigenvalue weighted by molar-refractivity contribution is 0.312. The van der Waals surface area contributed by atoms with Gasteiger partial charge >= 0.3 is 0 Å². The highest BCUT2D eigenvalue weighted by Crippen LogP contribution is 2.37. The normalized spacial score (nSPS) is 12.7. The Bertz CT molecular complexity index is 646. The first-order valence-corrected chi connectivity index (χ1v) is 10.5. The third-order valence-corrected chi connectivity index (χ3v) is 5.23. The third kappa shape index (κ3) is 5.81. The van der Waals surface area contributed by atoms with Crippen molar-refractivity contribution in [2.24, 2.45) is 5.92 Å². The second-order valence-corrected chi connectivity index (χ2v) is 6.93. The molecule has 1 heterocycles. The van der Waals surface area contributed by atoms with Crippen LogP contribution in [0.15, 0.2) is 24.3 Å². The molecule has 26 heavy (non-hydrogen) atoms. The van der Waals surface area contributed by atoms with E-state index in [0.717, 1.165) is 30.6 Å². The molecule has 0 spiro atoms. The summed E-state index contributed by atoms with van der Waals surface area (Å²) in [4.78, 5) is 4.70. The van der Waals surface area contributed by atoms with Crippen molar-refractivity contribution in [3.63, 3.8) is 0 Å². The maximum Gasteiger partial charge on any atom is 0.0708 e. The highest BCUT2D eigenvalue weighted by atomic mass is 14.8. The van der Waals surface area contributed by atoms with E-state index in [1.807, 2.05) is 34.7 Å². The zero-order valence-corrected chi connectivity index (χ0v) is 19.0. The van der Waals surface area contributed by atoms with E-state index in [2.05, 4.69) is 64.2 Å². The van der Waals surface area contributed by atoms with Crippen LogP contribution in [0.1, 0.15) is 78.6 Å². The predicted molar refractivity (Wildman–Crippen MR) is 119 cm³/mol. The summed E-state index contributed by atoms with van der Waals surface area (Å²) in [5.74, 6) is 0.599. The number of benzene rings is 1. The molecule has 0 aliphatic carbocycles. The molecule has 2 nitrogen and oxygen atoms in total. The average molecular weight is 359 g/mol. The Morgan fingerprint density at radius 3 is 2.19 bits per heavy atom. The van der Waals surface area contributed by atoms with Crippen molar-refractivity contribution in [3.8, 4) is 0 Å². The molecule has 1 N–H and O–H groups in total. The second-order valence-electron chi connectivity index (χ2n) is 6.93. The van der Waals surface area contributed by atoms with Crippen LogP contribution in [0, 0.1) is 12.8 Å². The first kappa shape index (κ1) is 24.6. The van der Waals surface area contributed by atoms with Crippen LogP contribution in [-0.4, -0.2) is 18.6 Å². The maximum absolute atomic E-state index is 4.70. The van der Waals surface area contributed by atoms with Gasteiger partial charge in [-0.25, -0.2) is 0 Å². The van der Waals surface area contributed by atoms with Crippen LogP contribution in [0.4, 0.5) is 0 Å². The summed E-state index contributed by atoms with van der Waals surface area (Å²) in [6.07, 6.45) is 2.20. The monoisotopic (exact) mass is 358 g/mol. The summed E-state index contributed by atoms with van der Waals surface area (Å²) in [6, 6.07) is 9.10. The minimum atomic E-state index is 0.188. The number of nitrogens with zero attached hydrogens (tertiary/aromatic N) is 1. The van der Waals surface area contributed by atoms with E-state index < -0.39 is 0 Å². The van der Waals surface area contributed by atoms with Crippen LogP contribution in [0.3, 0.4) is 0 Å². The van der Waals surface area contributed by atoms with Crippen molar-refractivity contribution in [1.82, 2.24) is 10.3 Å². The Morgan fingerprint density at radius 2 is 1.69 bits per heavy atom. The summed E-state index contributed by atoms with van der Waals surface area (Å²) in [6.45, 7) is 20.4. The van der Waals surface area contributed by atoms with Gasteiger partial charge in [-0.1, -0.05) is 61.5 Å². The van der Waals surface area contributed by atoms with Crippen molar-refractivity contribution >= 4 is 10.9 Å². The number of nitrogens with one attached hydrogen (secondary N) is 1. The summed E-state index contributed by atoms with van der Waals surface area (Å²) >= 11 is 0. The highest BCUT2D eigenvalue weighted by Gasteiger charge is 2.30. The predicted octanol–water partition coefficient (Wildman–Crippen LogP) is 6.68. The molecule has 2 heteroatoms. The van der Waals surface area contributed by atoms with Crippen LogP contribution >= 0.6 is 0 Å². The van der Waals surface area contributed by atoms with Gasteiger partial charge in [0.05, 0.1) is 5.52 Å². The van der Waals surface area contributed by atoms with Crippen molar-refractivity contribution in [1.29, 1.82) is 0 Å². The summed E-state index contributed by atoms with van der Waals surface area (Å²) < 4.78 is 0. The van der Waals surface area contributed by atoms with Crippen LogP contribution in [0.2, 0.25) is 0 Å². The molecule has 148 valence electrons. The molecule has 1 aromatic heterocycles. The molecule has 1 aromatic carbocycles. The zero-order valence-electron chi connectivity index (χ0n) is 19.0. The number of pyridine rings is 1. The summed E-state index contributed by atoms with van der Waals surface area (Å²) in [7, 11) is 2.03. The van der Waals surface area contributed by atoms with Crippen molar-refractivity contribution < 1.29 is 0 Å². The van der Waals surface area contributed by atoms with E-state index in [4.69, 9.17) is 4.98 Å². The standard InChI is InChI=1S/C20H30N2.2C2H6/c1-7-16-12-15(4)22-19-9-8-17(13-18(16)19)20(5,14(2)3)10-11-21-6;2*1-2/h8-9,12-14,21H,7,10-11H2,1-6H3;2*1-2H3. The van der Waals surface area contributed by atoms with Gasteiger partial charge < -0.3 is 5.32 Å². The molecular formula is C24H42N2. The van der Waals surface area contributed by atoms with Crippen molar-refractivity contribution in [2.75, 3.05) is 13.6 Å². The topological polar surface area (TPSA) is 24.9 Å². The SMILES string of the molecule is CC.CC.CCc1cc(C)nc2ccc(C(C)(CCNC)C(C)C)cc12. The second kappa shape index (κ2) is 12.1. The van der Waals surface area contributed by atoms with Gasteiger partial charge in [-0.05, 0) is 74.0 Å². The van der Waals surface area contributed by atoms with Gasteiger partial charge in [0.2, 0.25) is 0 Å². The van der Waals surface area contributed by atoms with E-state index in [1.54, 1.807) is 0 Å². The fourth-order valence-electron chi connectivity index (χ4n) is 3.24. The number of hydrogen-bond donors (Lipinski definition) is 1. The Labute approximate surface area is 162 Å². The first-order chi connectivity index (χ1) is 12.4. The maximum atomic E-state index is 4.70. The number of aryl methyl sites for hydroxylation is 2. The molecule has 0 saturated heterocycles. The molecule has 0 aliphatic heterocycles. The molecule has 1 atom stereocenters. The molecule has 0 radical (unpaired) electrons. The Hall–Kier alpha value is -1.41. The number of hydrogen-bond acceptors (Lipinski definition) is 2. The van der Waals surface area contributed by atoms with Gasteiger partial charge in [0.15, 0.2) is 0 Å². The summed E-state index contributed by atoms with van der Waals surface area (Å²) in [5, 5.41) is 4.62. The minimum absolute atomic E-state index is 0.188. The Kier molecular flexibility index (Phi) is 11.4. The van der Waals surface area contributed by atoms with Crippen molar-refractivity contribution in [3.05, 3.63) is 41.1 Å². The lowest BCUT2D eigenvalue weighted by Gasteiger charge is -2.35. The lowest BCUT2D eigenvalue weighted by Crippen LogP contribution is -2.32. The molecule has 0 aliphatic rings. The number of aromatic nitrogens is 1. The Balaban J connectivity index is 0.00000146. The lowest BCUT2D eigenvalue weighted by atomic mass is 9.70. The average Bonchev–Trinajstić information content (AvgIpc) is 2.67. The fourth-order valence-corrected chi connectivity index (χ4v) is 3.24. The first-order valence-electron chi connectivity index (χ1n) is 10.5. The van der Waals surface area contributed by atoms with Gasteiger partial charge in [-0.15, -0.1) is 0 Å². The molecule has 2 aromatic rings. The van der Waals surface area contributed by atoms with E-state index >= 15 is 0 Å². The van der Waals surface area contributed by atoms with Crippen LogP contribution in [0.5, 0.6) is 0 Å². The number of fused-ring (bicyclic) bond motifs is 1. The molecule has 1 unspecified atom stereocenters. The van der Waals surface area contributed by atoms with E-state index in [1.165, 1.54) is 16.5 Å². The van der Waals surface area contributed by atoms with E-state index in [9.17, 15) is 0 Å². The molecule has 0 amide bonds. The van der Waals surface area contributed by atoms with E-state index in [0.29, 0.717) is 5.92 Å². The highest BCUT2D eigenvalue weighted by molar-refractivity contribution is 5.83. The van der Waals surface area contributed by atoms with Crippen LogP contribution in [-0.2, 0) is 11.8 Å². The summed E-state index contributed by atoms with van der Waals surface area (Å²) in [5.41, 5.74) is 5.27. The molecular weight excluding hydrogens is 316 g/mol. The quantitative estimate of drug-likeness (QED) is 0.623.